The molecule has 0 radical (unpaired) electrons. The van der Waals surface area contributed by atoms with Crippen molar-refractivity contribution in [2.75, 3.05) is 0 Å². The van der Waals surface area contributed by atoms with Gasteiger partial charge >= 0.3 is 0 Å². The lowest BCUT2D eigenvalue weighted by Crippen LogP contribution is -2.37. The fourth-order valence-electron chi connectivity index (χ4n) is 3.94. The molecule has 29 heavy (non-hydrogen) atoms. The first-order valence-corrected chi connectivity index (χ1v) is 10.5. The van der Waals surface area contributed by atoms with Gasteiger partial charge in [0.15, 0.2) is 0 Å². The average molecular weight is 389 g/mol. The molecule has 3 heteroatoms. The molecule has 0 unspecified atom stereocenters. The summed E-state index contributed by atoms with van der Waals surface area (Å²) in [4.78, 5) is 17.7. The van der Waals surface area contributed by atoms with E-state index in [2.05, 4.69) is 81.2 Å². The molecule has 152 valence electrons. The molecule has 1 aromatic heterocycles. The van der Waals surface area contributed by atoms with Crippen LogP contribution in [0.5, 0.6) is 0 Å². The van der Waals surface area contributed by atoms with Crippen molar-refractivity contribution in [3.8, 4) is 0 Å². The molecule has 0 fully saturated rings. The van der Waals surface area contributed by atoms with E-state index in [1.165, 1.54) is 11.1 Å². The molecule has 2 aromatic carbocycles. The minimum absolute atomic E-state index is 0.00298. The van der Waals surface area contributed by atoms with Crippen molar-refractivity contribution in [1.29, 1.82) is 0 Å². The molecule has 3 nitrogen and oxygen atoms in total. The van der Waals surface area contributed by atoms with E-state index >= 15 is 0 Å². The van der Waals surface area contributed by atoms with Gasteiger partial charge < -0.3 is 0 Å². The maximum absolute atomic E-state index is 13.6. The number of aromatic nitrogens is 2. The highest BCUT2D eigenvalue weighted by atomic mass is 16.2. The van der Waals surface area contributed by atoms with E-state index in [0.717, 1.165) is 24.0 Å². The average Bonchev–Trinajstić information content (AvgIpc) is 3.22. The summed E-state index contributed by atoms with van der Waals surface area (Å²) < 4.78 is 1.59. The van der Waals surface area contributed by atoms with Crippen molar-refractivity contribution in [2.24, 2.45) is 11.8 Å². The summed E-state index contributed by atoms with van der Waals surface area (Å²) in [6.45, 7) is 10.9. The Balaban J connectivity index is 2.03. The summed E-state index contributed by atoms with van der Waals surface area (Å²) in [5.74, 6) is 1.21. The largest absolute Gasteiger partial charge is 0.275 e. The van der Waals surface area contributed by atoms with Gasteiger partial charge in [0.2, 0.25) is 5.91 Å². The van der Waals surface area contributed by atoms with E-state index in [1.807, 2.05) is 6.92 Å². The Hall–Kier alpha value is -2.68. The molecule has 0 saturated carbocycles. The number of carbonyl (C=O) groups excluding carboxylic acids is 1. The third-order valence-corrected chi connectivity index (χ3v) is 5.52. The monoisotopic (exact) mass is 388 g/mol. The second kappa shape index (κ2) is 8.77. The fourth-order valence-corrected chi connectivity index (χ4v) is 3.94. The van der Waals surface area contributed by atoms with Crippen LogP contribution in [0.15, 0.2) is 67.3 Å². The Morgan fingerprint density at radius 2 is 1.31 bits per heavy atom. The van der Waals surface area contributed by atoms with Crippen LogP contribution in [0.2, 0.25) is 0 Å². The van der Waals surface area contributed by atoms with Gasteiger partial charge in [0, 0.05) is 12.4 Å². The first-order chi connectivity index (χ1) is 13.8. The number of nitrogens with zero attached hydrogens (tertiary/aromatic N) is 2. The quantitative estimate of drug-likeness (QED) is 0.503. The van der Waals surface area contributed by atoms with Crippen LogP contribution in [-0.4, -0.2) is 15.5 Å². The zero-order valence-corrected chi connectivity index (χ0v) is 18.2. The summed E-state index contributed by atoms with van der Waals surface area (Å²) in [7, 11) is 0. The molecule has 0 N–H and O–H groups in total. The maximum Gasteiger partial charge on any atom is 0.246 e. The molecule has 0 aliphatic rings. The maximum atomic E-state index is 13.6. The van der Waals surface area contributed by atoms with E-state index in [4.69, 9.17) is 0 Å². The van der Waals surface area contributed by atoms with Crippen molar-refractivity contribution in [3.05, 3.63) is 89.5 Å². The Labute approximate surface area is 174 Å². The SMILES string of the molecule is CC(C)Cc1ccc(C(C)(C(=O)n2ccnc2)c2ccc(CC(C)C)cc2)cc1. The Bertz CT molecular complexity index is 866. The smallest absolute Gasteiger partial charge is 0.246 e. The molecule has 3 rings (SSSR count). The summed E-state index contributed by atoms with van der Waals surface area (Å²) in [6.07, 6.45) is 7.03. The Morgan fingerprint density at radius 1 is 0.862 bits per heavy atom. The number of benzene rings is 2. The molecule has 0 atom stereocenters. The van der Waals surface area contributed by atoms with Gasteiger partial charge in [-0.3, -0.25) is 9.36 Å². The highest BCUT2D eigenvalue weighted by Gasteiger charge is 2.38. The summed E-state index contributed by atoms with van der Waals surface area (Å²) >= 11 is 0. The lowest BCUT2D eigenvalue weighted by Gasteiger charge is -2.30. The number of carbonyl (C=O) groups is 1. The van der Waals surface area contributed by atoms with Crippen LogP contribution in [0.1, 0.15) is 61.7 Å². The standard InChI is InChI=1S/C26H32N2O/c1-19(2)16-21-6-10-23(11-7-21)26(5,25(29)28-15-14-27-18-28)24-12-8-22(9-13-24)17-20(3)4/h6-15,18-20H,16-17H2,1-5H3. The van der Waals surface area contributed by atoms with Crippen molar-refractivity contribution in [2.45, 2.75) is 52.9 Å². The molecule has 0 aliphatic heterocycles. The van der Waals surface area contributed by atoms with Gasteiger partial charge in [0.05, 0.1) is 5.41 Å². The normalized spacial score (nSPS) is 12.0. The fraction of sp³-hybridized carbons (Fsp3) is 0.385. The predicted molar refractivity (Wildman–Crippen MR) is 119 cm³/mol. The minimum atomic E-state index is -0.784. The highest BCUT2D eigenvalue weighted by Crippen LogP contribution is 2.34. The van der Waals surface area contributed by atoms with Crippen LogP contribution < -0.4 is 0 Å². The molecular weight excluding hydrogens is 356 g/mol. The molecule has 1 heterocycles. The molecule has 3 aromatic rings. The molecular formula is C26H32N2O. The molecule has 0 aliphatic carbocycles. The van der Waals surface area contributed by atoms with Gasteiger partial charge in [-0.15, -0.1) is 0 Å². The van der Waals surface area contributed by atoms with E-state index in [0.29, 0.717) is 11.8 Å². The molecule has 0 saturated heterocycles. The van der Waals surface area contributed by atoms with Crippen molar-refractivity contribution in [3.63, 3.8) is 0 Å². The number of rotatable bonds is 7. The van der Waals surface area contributed by atoms with Gasteiger partial charge in [0.25, 0.3) is 0 Å². The van der Waals surface area contributed by atoms with Gasteiger partial charge in [-0.2, -0.15) is 0 Å². The van der Waals surface area contributed by atoms with Crippen LogP contribution in [0.4, 0.5) is 0 Å². The lowest BCUT2D eigenvalue weighted by atomic mass is 9.74. The minimum Gasteiger partial charge on any atom is -0.275 e. The molecule has 0 spiro atoms. The van der Waals surface area contributed by atoms with E-state index < -0.39 is 5.41 Å². The summed E-state index contributed by atoms with van der Waals surface area (Å²) in [5, 5.41) is 0. The number of hydrogen-bond donors (Lipinski definition) is 0. The van der Waals surface area contributed by atoms with Gasteiger partial charge in [-0.05, 0) is 53.9 Å². The Kier molecular flexibility index (Phi) is 6.36. The summed E-state index contributed by atoms with van der Waals surface area (Å²) in [6, 6.07) is 17.0. The number of imidazole rings is 1. The van der Waals surface area contributed by atoms with Gasteiger partial charge in [-0.1, -0.05) is 76.2 Å². The van der Waals surface area contributed by atoms with Crippen LogP contribution in [0.3, 0.4) is 0 Å². The van der Waals surface area contributed by atoms with E-state index in [-0.39, 0.29) is 5.91 Å². The van der Waals surface area contributed by atoms with Crippen LogP contribution in [0, 0.1) is 11.8 Å². The first kappa shape index (κ1) is 21.0. The molecule has 0 amide bonds. The van der Waals surface area contributed by atoms with Crippen LogP contribution in [0.25, 0.3) is 0 Å². The second-order valence-corrected chi connectivity index (χ2v) is 8.99. The van der Waals surface area contributed by atoms with Crippen molar-refractivity contribution >= 4 is 5.91 Å². The molecule has 0 bridgehead atoms. The third-order valence-electron chi connectivity index (χ3n) is 5.52. The highest BCUT2D eigenvalue weighted by molar-refractivity contribution is 5.93. The van der Waals surface area contributed by atoms with Gasteiger partial charge in [-0.25, -0.2) is 4.98 Å². The van der Waals surface area contributed by atoms with Crippen LogP contribution in [-0.2, 0) is 18.3 Å². The third kappa shape index (κ3) is 4.67. The predicted octanol–water partition coefficient (Wildman–Crippen LogP) is 5.93. The topological polar surface area (TPSA) is 34.9 Å². The van der Waals surface area contributed by atoms with Crippen molar-refractivity contribution < 1.29 is 4.79 Å². The number of hydrogen-bond acceptors (Lipinski definition) is 2. The Morgan fingerprint density at radius 3 is 1.66 bits per heavy atom. The first-order valence-electron chi connectivity index (χ1n) is 10.5. The van der Waals surface area contributed by atoms with Crippen LogP contribution >= 0.6 is 0 Å². The lowest BCUT2D eigenvalue weighted by molar-refractivity contribution is 0.0836. The zero-order valence-electron chi connectivity index (χ0n) is 18.2. The summed E-state index contributed by atoms with van der Waals surface area (Å²) in [5.41, 5.74) is 3.82. The zero-order chi connectivity index (χ0) is 21.0. The van der Waals surface area contributed by atoms with Crippen molar-refractivity contribution in [1.82, 2.24) is 9.55 Å². The van der Waals surface area contributed by atoms with Gasteiger partial charge in [0.1, 0.15) is 6.33 Å². The van der Waals surface area contributed by atoms with E-state index in [1.54, 1.807) is 23.3 Å². The van der Waals surface area contributed by atoms with E-state index in [9.17, 15) is 4.79 Å². The second-order valence-electron chi connectivity index (χ2n) is 8.99.